The first-order valence-corrected chi connectivity index (χ1v) is 6.44. The first-order chi connectivity index (χ1) is 8.35. The molecule has 0 aliphatic carbocycles. The fraction of sp³-hybridized carbons (Fsp3) is 0.846. The molecule has 0 fully saturated rings. The minimum Gasteiger partial charge on any atom is -0.444 e. The zero-order valence-electron chi connectivity index (χ0n) is 12.0. The number of unbranched alkanes of at least 4 members (excludes halogenated alkanes) is 1. The maximum atomic E-state index is 11.3. The van der Waals surface area contributed by atoms with Crippen molar-refractivity contribution in [2.75, 3.05) is 26.7 Å². The van der Waals surface area contributed by atoms with Gasteiger partial charge in [0.05, 0.1) is 0 Å². The normalized spacial score (nSPS) is 11.4. The van der Waals surface area contributed by atoms with Crippen LogP contribution in [0.4, 0.5) is 4.79 Å². The summed E-state index contributed by atoms with van der Waals surface area (Å²) in [7, 11) is 2.01. The molecule has 0 saturated heterocycles. The van der Waals surface area contributed by atoms with E-state index in [1.54, 1.807) is 0 Å². The van der Waals surface area contributed by atoms with Crippen LogP contribution in [0.5, 0.6) is 0 Å². The highest BCUT2D eigenvalue weighted by atomic mass is 16.6. The van der Waals surface area contributed by atoms with E-state index >= 15 is 0 Å². The van der Waals surface area contributed by atoms with Crippen molar-refractivity contribution < 1.29 is 14.3 Å². The van der Waals surface area contributed by atoms with Gasteiger partial charge in [0, 0.05) is 13.0 Å². The molecule has 0 aromatic carbocycles. The summed E-state index contributed by atoms with van der Waals surface area (Å²) < 4.78 is 5.12. The van der Waals surface area contributed by atoms with E-state index in [0.717, 1.165) is 32.2 Å². The summed E-state index contributed by atoms with van der Waals surface area (Å²) in [4.78, 5) is 23.6. The van der Waals surface area contributed by atoms with Gasteiger partial charge in [-0.1, -0.05) is 0 Å². The number of alkyl carbamates (subject to hydrolysis) is 1. The lowest BCUT2D eigenvalue weighted by molar-refractivity contribution is -0.108. The van der Waals surface area contributed by atoms with Crippen molar-refractivity contribution in [3.63, 3.8) is 0 Å². The van der Waals surface area contributed by atoms with E-state index in [0.29, 0.717) is 13.0 Å². The number of rotatable bonds is 8. The molecule has 0 aromatic heterocycles. The number of nitrogens with zero attached hydrogens (tertiary/aromatic N) is 1. The van der Waals surface area contributed by atoms with Crippen LogP contribution in [-0.4, -0.2) is 49.6 Å². The second kappa shape index (κ2) is 8.91. The Morgan fingerprint density at radius 2 is 1.89 bits per heavy atom. The van der Waals surface area contributed by atoms with Crippen LogP contribution in [-0.2, 0) is 9.53 Å². The lowest BCUT2D eigenvalue weighted by atomic mass is 10.2. The lowest BCUT2D eigenvalue weighted by Crippen LogP contribution is -2.34. The fourth-order valence-corrected chi connectivity index (χ4v) is 1.41. The number of hydrogen-bond acceptors (Lipinski definition) is 4. The van der Waals surface area contributed by atoms with E-state index in [9.17, 15) is 9.59 Å². The van der Waals surface area contributed by atoms with E-state index in [4.69, 9.17) is 4.74 Å². The summed E-state index contributed by atoms with van der Waals surface area (Å²) in [5, 5.41) is 2.72. The summed E-state index contributed by atoms with van der Waals surface area (Å²) >= 11 is 0. The van der Waals surface area contributed by atoms with Crippen LogP contribution in [0.15, 0.2) is 0 Å². The first kappa shape index (κ1) is 16.9. The molecule has 0 aliphatic rings. The van der Waals surface area contributed by atoms with Gasteiger partial charge < -0.3 is 19.7 Å². The van der Waals surface area contributed by atoms with Gasteiger partial charge in [-0.2, -0.15) is 0 Å². The van der Waals surface area contributed by atoms with Crippen molar-refractivity contribution in [3.05, 3.63) is 0 Å². The van der Waals surface area contributed by atoms with E-state index in [1.165, 1.54) is 0 Å². The Hall–Kier alpha value is -1.10. The third kappa shape index (κ3) is 11.4. The molecule has 0 radical (unpaired) electrons. The molecular weight excluding hydrogens is 232 g/mol. The molecule has 0 rings (SSSR count). The van der Waals surface area contributed by atoms with Crippen molar-refractivity contribution in [2.45, 2.75) is 45.6 Å². The zero-order chi connectivity index (χ0) is 14.0. The van der Waals surface area contributed by atoms with Gasteiger partial charge >= 0.3 is 6.09 Å². The number of ether oxygens (including phenoxy) is 1. The molecule has 106 valence electrons. The predicted octanol–water partition coefficient (Wildman–Crippen LogP) is 1.81. The molecule has 0 aromatic rings. The Bertz CT molecular complexity index is 249. The SMILES string of the molecule is CN(CCCC=O)CCCNC(=O)OC(C)(C)C. The molecule has 0 spiro atoms. The van der Waals surface area contributed by atoms with Crippen molar-refractivity contribution in [1.82, 2.24) is 10.2 Å². The van der Waals surface area contributed by atoms with Crippen LogP contribution in [0, 0.1) is 0 Å². The number of nitrogens with one attached hydrogen (secondary N) is 1. The van der Waals surface area contributed by atoms with Crippen LogP contribution in [0.1, 0.15) is 40.0 Å². The molecule has 0 heterocycles. The largest absolute Gasteiger partial charge is 0.444 e. The minimum atomic E-state index is -0.449. The van der Waals surface area contributed by atoms with E-state index in [2.05, 4.69) is 10.2 Å². The van der Waals surface area contributed by atoms with Crippen molar-refractivity contribution in [2.24, 2.45) is 0 Å². The van der Waals surface area contributed by atoms with Gasteiger partial charge in [0.1, 0.15) is 11.9 Å². The highest BCUT2D eigenvalue weighted by Gasteiger charge is 2.15. The first-order valence-electron chi connectivity index (χ1n) is 6.44. The third-order valence-electron chi connectivity index (χ3n) is 2.25. The van der Waals surface area contributed by atoms with E-state index in [1.807, 2.05) is 27.8 Å². The number of aldehydes is 1. The number of hydrogen-bond donors (Lipinski definition) is 1. The number of carbonyl (C=O) groups is 2. The second-order valence-corrected chi connectivity index (χ2v) is 5.39. The summed E-state index contributed by atoms with van der Waals surface area (Å²) in [6.07, 6.45) is 2.94. The Balaban J connectivity index is 3.49. The monoisotopic (exact) mass is 258 g/mol. The third-order valence-corrected chi connectivity index (χ3v) is 2.25. The minimum absolute atomic E-state index is 0.369. The standard InChI is InChI=1S/C13H26N2O3/c1-13(2,3)18-12(17)14-8-7-10-15(4)9-5-6-11-16/h11H,5-10H2,1-4H3,(H,14,17). The molecule has 1 amide bonds. The van der Waals surface area contributed by atoms with Gasteiger partial charge in [0.25, 0.3) is 0 Å². The molecule has 0 bridgehead atoms. The Morgan fingerprint density at radius 3 is 2.44 bits per heavy atom. The topological polar surface area (TPSA) is 58.6 Å². The predicted molar refractivity (Wildman–Crippen MR) is 71.6 cm³/mol. The van der Waals surface area contributed by atoms with E-state index in [-0.39, 0.29) is 6.09 Å². The average Bonchev–Trinajstić information content (AvgIpc) is 2.22. The molecule has 0 unspecified atom stereocenters. The van der Waals surface area contributed by atoms with Crippen LogP contribution in [0.25, 0.3) is 0 Å². The van der Waals surface area contributed by atoms with Gasteiger partial charge in [-0.15, -0.1) is 0 Å². The lowest BCUT2D eigenvalue weighted by Gasteiger charge is -2.20. The van der Waals surface area contributed by atoms with Crippen molar-refractivity contribution >= 4 is 12.4 Å². The smallest absolute Gasteiger partial charge is 0.407 e. The van der Waals surface area contributed by atoms with Crippen LogP contribution in [0.2, 0.25) is 0 Å². The summed E-state index contributed by atoms with van der Waals surface area (Å²) in [5.41, 5.74) is -0.449. The molecule has 5 heteroatoms. The van der Waals surface area contributed by atoms with E-state index < -0.39 is 5.60 Å². The number of amides is 1. The Kier molecular flexibility index (Phi) is 8.37. The summed E-state index contributed by atoms with van der Waals surface area (Å²) in [6, 6.07) is 0. The average molecular weight is 258 g/mol. The molecular formula is C13H26N2O3. The van der Waals surface area contributed by atoms with Crippen molar-refractivity contribution in [1.29, 1.82) is 0 Å². The zero-order valence-corrected chi connectivity index (χ0v) is 12.0. The highest BCUT2D eigenvalue weighted by molar-refractivity contribution is 5.67. The molecule has 0 saturated carbocycles. The fourth-order valence-electron chi connectivity index (χ4n) is 1.41. The highest BCUT2D eigenvalue weighted by Crippen LogP contribution is 2.06. The maximum absolute atomic E-state index is 11.3. The van der Waals surface area contributed by atoms with Gasteiger partial charge in [-0.3, -0.25) is 0 Å². The van der Waals surface area contributed by atoms with Crippen molar-refractivity contribution in [3.8, 4) is 0 Å². The van der Waals surface area contributed by atoms with Crippen LogP contribution >= 0.6 is 0 Å². The van der Waals surface area contributed by atoms with Gasteiger partial charge in [-0.05, 0) is 53.8 Å². The molecule has 0 aliphatic heterocycles. The number of carbonyl (C=O) groups excluding carboxylic acids is 2. The molecule has 5 nitrogen and oxygen atoms in total. The second-order valence-electron chi connectivity index (χ2n) is 5.39. The van der Waals surface area contributed by atoms with Gasteiger partial charge in [0.2, 0.25) is 0 Å². The summed E-state index contributed by atoms with van der Waals surface area (Å²) in [6.45, 7) is 7.93. The Labute approximate surface area is 110 Å². The summed E-state index contributed by atoms with van der Waals surface area (Å²) in [5.74, 6) is 0. The van der Waals surface area contributed by atoms with Gasteiger partial charge in [-0.25, -0.2) is 4.79 Å². The van der Waals surface area contributed by atoms with Crippen LogP contribution in [0.3, 0.4) is 0 Å². The molecule has 18 heavy (non-hydrogen) atoms. The maximum Gasteiger partial charge on any atom is 0.407 e. The molecule has 1 N–H and O–H groups in total. The van der Waals surface area contributed by atoms with Gasteiger partial charge in [0.15, 0.2) is 0 Å². The molecule has 0 atom stereocenters. The quantitative estimate of drug-likeness (QED) is 0.533. The Morgan fingerprint density at radius 1 is 1.28 bits per heavy atom. The van der Waals surface area contributed by atoms with Crippen LogP contribution < -0.4 is 5.32 Å².